The van der Waals surface area contributed by atoms with E-state index in [9.17, 15) is 14.7 Å². The Balaban J connectivity index is 3.47. The summed E-state index contributed by atoms with van der Waals surface area (Å²) in [4.78, 5) is 27.5. The van der Waals surface area contributed by atoms with Crippen LogP contribution in [-0.2, 0) is 9.53 Å². The molecule has 0 spiro atoms. The predicted molar refractivity (Wildman–Crippen MR) is 85.0 cm³/mol. The van der Waals surface area contributed by atoms with Crippen LogP contribution in [0.4, 0.5) is 5.69 Å². The number of carbonyl (C=O) groups is 2. The second-order valence-electron chi connectivity index (χ2n) is 4.50. The zero-order valence-electron chi connectivity index (χ0n) is 13.7. The van der Waals surface area contributed by atoms with Gasteiger partial charge in [-0.25, -0.2) is 4.79 Å². The first-order valence-corrected chi connectivity index (χ1v) is 6.65. The lowest BCUT2D eigenvalue weighted by Gasteiger charge is -2.13. The van der Waals surface area contributed by atoms with Gasteiger partial charge in [0.1, 0.15) is 22.8 Å². The smallest absolute Gasteiger partial charge is 0.345 e. The average Bonchev–Trinajstić information content (AvgIpc) is 2.52. The van der Waals surface area contributed by atoms with E-state index in [1.165, 1.54) is 47.5 Å². The molecule has 7 heteroatoms. The number of methoxy groups -OCH3 is 3. The Morgan fingerprint density at radius 1 is 1.13 bits per heavy atom. The number of ketones is 1. The second kappa shape index (κ2) is 7.98. The first kappa shape index (κ1) is 18.2. The summed E-state index contributed by atoms with van der Waals surface area (Å²) < 4.78 is 15.1. The van der Waals surface area contributed by atoms with Gasteiger partial charge in [-0.3, -0.25) is 9.79 Å². The van der Waals surface area contributed by atoms with Crippen molar-refractivity contribution < 1.29 is 28.9 Å². The van der Waals surface area contributed by atoms with Crippen molar-refractivity contribution in [3.05, 3.63) is 29.0 Å². The number of rotatable bonds is 6. The third kappa shape index (κ3) is 4.09. The zero-order valence-corrected chi connectivity index (χ0v) is 13.7. The van der Waals surface area contributed by atoms with Crippen molar-refractivity contribution >= 4 is 23.7 Å². The lowest BCUT2D eigenvalue weighted by molar-refractivity contribution is -0.113. The maximum atomic E-state index is 11.9. The van der Waals surface area contributed by atoms with Crippen LogP contribution in [0.15, 0.2) is 28.5 Å². The fourth-order valence-electron chi connectivity index (χ4n) is 1.90. The fraction of sp³-hybridized carbons (Fsp3) is 0.312. The number of hydrogen-bond donors (Lipinski definition) is 1. The molecule has 1 aromatic rings. The molecule has 0 unspecified atom stereocenters. The van der Waals surface area contributed by atoms with Gasteiger partial charge in [0.05, 0.1) is 26.9 Å². The van der Waals surface area contributed by atoms with Crippen molar-refractivity contribution in [3.8, 4) is 11.5 Å². The van der Waals surface area contributed by atoms with Crippen LogP contribution in [0.1, 0.15) is 24.2 Å². The molecule has 0 fully saturated rings. The van der Waals surface area contributed by atoms with Gasteiger partial charge >= 0.3 is 5.97 Å². The molecule has 1 aromatic carbocycles. The number of aliphatic imine (C=N–C) groups is 1. The van der Waals surface area contributed by atoms with Crippen molar-refractivity contribution in [2.24, 2.45) is 4.99 Å². The van der Waals surface area contributed by atoms with Gasteiger partial charge in [0, 0.05) is 6.21 Å². The molecular weight excluding hydrogens is 302 g/mol. The number of aliphatic hydroxyl groups excluding tert-OH is 1. The van der Waals surface area contributed by atoms with Crippen LogP contribution in [0.2, 0.25) is 0 Å². The van der Waals surface area contributed by atoms with E-state index in [0.29, 0.717) is 0 Å². The van der Waals surface area contributed by atoms with Gasteiger partial charge in [-0.15, -0.1) is 0 Å². The molecule has 7 nitrogen and oxygen atoms in total. The van der Waals surface area contributed by atoms with Crippen molar-refractivity contribution in [1.82, 2.24) is 0 Å². The monoisotopic (exact) mass is 321 g/mol. The highest BCUT2D eigenvalue weighted by Crippen LogP contribution is 2.38. The first-order chi connectivity index (χ1) is 10.9. The highest BCUT2D eigenvalue weighted by atomic mass is 16.5. The molecule has 0 saturated carbocycles. The lowest BCUT2D eigenvalue weighted by Crippen LogP contribution is -2.07. The Hall–Kier alpha value is -2.83. The summed E-state index contributed by atoms with van der Waals surface area (Å²) in [5, 5.41) is 9.49. The topological polar surface area (TPSA) is 94.4 Å². The van der Waals surface area contributed by atoms with Crippen LogP contribution < -0.4 is 9.47 Å². The summed E-state index contributed by atoms with van der Waals surface area (Å²) >= 11 is 0. The molecule has 0 aliphatic rings. The zero-order chi connectivity index (χ0) is 17.6. The van der Waals surface area contributed by atoms with Crippen LogP contribution in [0.5, 0.6) is 11.5 Å². The molecule has 0 bridgehead atoms. The third-order valence-corrected chi connectivity index (χ3v) is 3.01. The maximum absolute atomic E-state index is 11.9. The van der Waals surface area contributed by atoms with Crippen LogP contribution in [0.3, 0.4) is 0 Å². The molecule has 0 amide bonds. The predicted octanol–water partition coefficient (Wildman–Crippen LogP) is 2.61. The minimum absolute atomic E-state index is 0.0579. The van der Waals surface area contributed by atoms with E-state index in [4.69, 9.17) is 14.2 Å². The van der Waals surface area contributed by atoms with Gasteiger partial charge in [0.2, 0.25) is 0 Å². The van der Waals surface area contributed by atoms with Crippen LogP contribution >= 0.6 is 0 Å². The minimum Gasteiger partial charge on any atom is -0.512 e. The van der Waals surface area contributed by atoms with Crippen molar-refractivity contribution in [1.29, 1.82) is 0 Å². The van der Waals surface area contributed by atoms with Crippen molar-refractivity contribution in [3.63, 3.8) is 0 Å². The fourth-order valence-corrected chi connectivity index (χ4v) is 1.90. The second-order valence-corrected chi connectivity index (χ2v) is 4.50. The molecule has 124 valence electrons. The molecule has 1 N–H and O–H groups in total. The normalized spacial score (nSPS) is 11.9. The molecule has 0 heterocycles. The van der Waals surface area contributed by atoms with E-state index >= 15 is 0 Å². The van der Waals surface area contributed by atoms with E-state index in [2.05, 4.69) is 4.99 Å². The molecule has 0 aromatic heterocycles. The summed E-state index contributed by atoms with van der Waals surface area (Å²) in [6.07, 6.45) is 1.21. The Labute approximate surface area is 134 Å². The molecule has 0 saturated heterocycles. The Kier molecular flexibility index (Phi) is 6.32. The molecule has 0 radical (unpaired) electrons. The molecule has 23 heavy (non-hydrogen) atoms. The van der Waals surface area contributed by atoms with Gasteiger partial charge in [-0.2, -0.15) is 0 Å². The van der Waals surface area contributed by atoms with E-state index in [0.717, 1.165) is 0 Å². The molecule has 0 aliphatic carbocycles. The molecule has 1 rings (SSSR count). The number of hydrogen-bond acceptors (Lipinski definition) is 7. The Morgan fingerprint density at radius 3 is 2.22 bits per heavy atom. The van der Waals surface area contributed by atoms with Crippen molar-refractivity contribution in [2.75, 3.05) is 21.3 Å². The number of carbonyl (C=O) groups excluding carboxylic acids is 2. The number of ether oxygens (including phenoxy) is 3. The van der Waals surface area contributed by atoms with Gasteiger partial charge in [0.25, 0.3) is 0 Å². The number of allylic oxidation sites excluding steroid dienone is 2. The van der Waals surface area contributed by atoms with E-state index in [1.807, 2.05) is 0 Å². The largest absolute Gasteiger partial charge is 0.512 e. The summed E-state index contributed by atoms with van der Waals surface area (Å²) in [6.45, 7) is 2.69. The minimum atomic E-state index is -0.642. The first-order valence-electron chi connectivity index (χ1n) is 6.65. The Bertz CT molecular complexity index is 671. The Morgan fingerprint density at radius 2 is 1.78 bits per heavy atom. The summed E-state index contributed by atoms with van der Waals surface area (Å²) in [5.41, 5.74) is 0.428. The van der Waals surface area contributed by atoms with Crippen molar-refractivity contribution in [2.45, 2.75) is 13.8 Å². The standard InChI is InChI=1S/C16H19NO6/c1-9(18)11(10(2)19)8-17-12-6-7-13(21-3)14(15(12)22-4)16(20)23-5/h6-8,18H,1-5H3/b11-9-,17-8?. The quantitative estimate of drug-likeness (QED) is 0.374. The number of esters is 1. The SMILES string of the molecule is COC(=O)c1c(OC)ccc(N=C/C(C(C)=O)=C(\C)O)c1OC. The highest BCUT2D eigenvalue weighted by Gasteiger charge is 2.22. The lowest BCUT2D eigenvalue weighted by atomic mass is 10.1. The number of nitrogens with zero attached hydrogens (tertiary/aromatic N) is 1. The van der Waals surface area contributed by atoms with Crippen LogP contribution in [-0.4, -0.2) is 44.4 Å². The van der Waals surface area contributed by atoms with Gasteiger partial charge in [-0.05, 0) is 26.0 Å². The van der Waals surface area contributed by atoms with E-state index < -0.39 is 5.97 Å². The molecule has 0 atom stereocenters. The van der Waals surface area contributed by atoms with E-state index in [-0.39, 0.29) is 39.9 Å². The maximum Gasteiger partial charge on any atom is 0.345 e. The third-order valence-electron chi connectivity index (χ3n) is 3.01. The number of benzene rings is 1. The highest BCUT2D eigenvalue weighted by molar-refractivity contribution is 6.13. The van der Waals surface area contributed by atoms with E-state index in [1.54, 1.807) is 6.07 Å². The number of Topliss-reactive ketones (excluding diaryl/α,β-unsaturated/α-hetero) is 1. The summed E-state index contributed by atoms with van der Waals surface area (Å²) in [6, 6.07) is 3.09. The van der Waals surface area contributed by atoms with Gasteiger partial charge < -0.3 is 19.3 Å². The molecular formula is C16H19NO6. The van der Waals surface area contributed by atoms with Crippen LogP contribution in [0, 0.1) is 0 Å². The summed E-state index contributed by atoms with van der Waals surface area (Å²) in [7, 11) is 4.03. The number of aliphatic hydroxyl groups is 1. The van der Waals surface area contributed by atoms with Crippen LogP contribution in [0.25, 0.3) is 0 Å². The molecule has 0 aliphatic heterocycles. The average molecular weight is 321 g/mol. The van der Waals surface area contributed by atoms with Gasteiger partial charge in [0.15, 0.2) is 11.5 Å². The summed E-state index contributed by atoms with van der Waals surface area (Å²) in [5.74, 6) is -0.716. The van der Waals surface area contributed by atoms with Gasteiger partial charge in [-0.1, -0.05) is 0 Å².